The number of hydrogen-bond donors (Lipinski definition) is 1. The summed E-state index contributed by atoms with van der Waals surface area (Å²) in [6.07, 6.45) is -3.70. The van der Waals surface area contributed by atoms with E-state index in [1.54, 1.807) is 0 Å². The van der Waals surface area contributed by atoms with E-state index in [0.717, 1.165) is 18.6 Å². The Balaban J connectivity index is 2.27. The van der Waals surface area contributed by atoms with E-state index in [2.05, 4.69) is 10.5 Å². The third kappa shape index (κ3) is 3.85. The molecule has 8 heteroatoms. The number of hydrogen-bond acceptors (Lipinski definition) is 3. The van der Waals surface area contributed by atoms with Gasteiger partial charge >= 0.3 is 6.18 Å². The number of rotatable bonds is 4. The fraction of sp³-hybridized carbons (Fsp3) is 0.333. The third-order valence-corrected chi connectivity index (χ3v) is 3.67. The lowest BCUT2D eigenvalue weighted by atomic mass is 10.1. The first kappa shape index (κ1) is 17.3. The molecule has 23 heavy (non-hydrogen) atoms. The first-order chi connectivity index (χ1) is 10.7. The molecule has 0 saturated heterocycles. The average Bonchev–Trinajstić information content (AvgIpc) is 2.88. The number of nitrogens with one attached hydrogen (secondary N) is 1. The molecular formula is C15H14ClF3N2O2. The standard InChI is InChI=1S/C15H14ClF3N2O2/c1-3-8(2)20-14(22)12-11(16)13(23-21-12)9-4-6-10(7-5-9)15(17,18)19/h4-8H,3H2,1-2H3,(H,20,22). The lowest BCUT2D eigenvalue weighted by molar-refractivity contribution is -0.137. The summed E-state index contributed by atoms with van der Waals surface area (Å²) >= 11 is 6.07. The molecule has 1 unspecified atom stereocenters. The highest BCUT2D eigenvalue weighted by molar-refractivity contribution is 6.35. The van der Waals surface area contributed by atoms with Gasteiger partial charge in [-0.25, -0.2) is 0 Å². The highest BCUT2D eigenvalue weighted by Crippen LogP contribution is 2.34. The zero-order valence-corrected chi connectivity index (χ0v) is 13.1. The number of alkyl halides is 3. The molecular weight excluding hydrogens is 333 g/mol. The monoisotopic (exact) mass is 346 g/mol. The highest BCUT2D eigenvalue weighted by atomic mass is 35.5. The second kappa shape index (κ2) is 6.62. The smallest absolute Gasteiger partial charge is 0.354 e. The summed E-state index contributed by atoms with van der Waals surface area (Å²) in [4.78, 5) is 12.0. The average molecular weight is 347 g/mol. The Morgan fingerprint density at radius 3 is 2.48 bits per heavy atom. The molecule has 0 aliphatic rings. The van der Waals surface area contributed by atoms with Crippen molar-refractivity contribution < 1.29 is 22.5 Å². The lowest BCUT2D eigenvalue weighted by Crippen LogP contribution is -2.32. The van der Waals surface area contributed by atoms with Crippen molar-refractivity contribution in [3.63, 3.8) is 0 Å². The van der Waals surface area contributed by atoms with Crippen LogP contribution < -0.4 is 5.32 Å². The van der Waals surface area contributed by atoms with Crippen molar-refractivity contribution in [1.29, 1.82) is 0 Å². The van der Waals surface area contributed by atoms with Crippen LogP contribution in [-0.2, 0) is 6.18 Å². The topological polar surface area (TPSA) is 55.1 Å². The summed E-state index contributed by atoms with van der Waals surface area (Å²) in [6, 6.07) is 4.18. The molecule has 0 aliphatic carbocycles. The first-order valence-electron chi connectivity index (χ1n) is 6.87. The Kier molecular flexibility index (Phi) is 4.99. The molecule has 0 spiro atoms. The molecule has 1 aromatic heterocycles. The Hall–Kier alpha value is -2.02. The van der Waals surface area contributed by atoms with Gasteiger partial charge in [-0.05, 0) is 25.5 Å². The number of amides is 1. The van der Waals surface area contributed by atoms with Gasteiger partial charge in [-0.2, -0.15) is 13.2 Å². The molecule has 1 N–H and O–H groups in total. The lowest BCUT2D eigenvalue weighted by Gasteiger charge is -2.09. The maximum absolute atomic E-state index is 12.6. The van der Waals surface area contributed by atoms with E-state index >= 15 is 0 Å². The van der Waals surface area contributed by atoms with Crippen molar-refractivity contribution in [3.8, 4) is 11.3 Å². The predicted octanol–water partition coefficient (Wildman–Crippen LogP) is 4.54. The summed E-state index contributed by atoms with van der Waals surface area (Å²) in [5, 5.41) is 6.26. The van der Waals surface area contributed by atoms with E-state index in [-0.39, 0.29) is 22.5 Å². The van der Waals surface area contributed by atoms with Crippen LogP contribution >= 0.6 is 11.6 Å². The molecule has 0 bridgehead atoms. The summed E-state index contributed by atoms with van der Waals surface area (Å²) in [5.74, 6) is -0.444. The third-order valence-electron chi connectivity index (χ3n) is 3.31. The number of nitrogens with zero attached hydrogens (tertiary/aromatic N) is 1. The van der Waals surface area contributed by atoms with Gasteiger partial charge in [-0.1, -0.05) is 35.8 Å². The van der Waals surface area contributed by atoms with E-state index in [1.165, 1.54) is 12.1 Å². The quantitative estimate of drug-likeness (QED) is 0.884. The molecule has 1 amide bonds. The van der Waals surface area contributed by atoms with Crippen molar-refractivity contribution >= 4 is 17.5 Å². The van der Waals surface area contributed by atoms with Gasteiger partial charge in [0, 0.05) is 11.6 Å². The van der Waals surface area contributed by atoms with E-state index < -0.39 is 17.6 Å². The fourth-order valence-corrected chi connectivity index (χ4v) is 2.07. The van der Waals surface area contributed by atoms with E-state index in [1.807, 2.05) is 13.8 Å². The summed E-state index contributed by atoms with van der Waals surface area (Å²) in [7, 11) is 0. The van der Waals surface area contributed by atoms with Crippen LogP contribution in [0.2, 0.25) is 5.02 Å². The van der Waals surface area contributed by atoms with E-state index in [4.69, 9.17) is 16.1 Å². The molecule has 1 heterocycles. The number of carbonyl (C=O) groups excluding carboxylic acids is 1. The predicted molar refractivity (Wildman–Crippen MR) is 79.2 cm³/mol. The van der Waals surface area contributed by atoms with Gasteiger partial charge in [0.2, 0.25) is 0 Å². The Morgan fingerprint density at radius 1 is 1.35 bits per heavy atom. The van der Waals surface area contributed by atoms with Crippen LogP contribution in [0.25, 0.3) is 11.3 Å². The van der Waals surface area contributed by atoms with Gasteiger partial charge in [0.1, 0.15) is 5.02 Å². The molecule has 2 rings (SSSR count). The number of halogens is 4. The van der Waals surface area contributed by atoms with Crippen LogP contribution in [0.1, 0.15) is 36.3 Å². The van der Waals surface area contributed by atoms with E-state index in [9.17, 15) is 18.0 Å². The van der Waals surface area contributed by atoms with Crippen LogP contribution in [0.3, 0.4) is 0 Å². The fourth-order valence-electron chi connectivity index (χ4n) is 1.80. The van der Waals surface area contributed by atoms with Crippen LogP contribution in [0.15, 0.2) is 28.8 Å². The zero-order valence-electron chi connectivity index (χ0n) is 12.4. The van der Waals surface area contributed by atoms with Gasteiger partial charge in [-0.3, -0.25) is 4.79 Å². The molecule has 1 aromatic carbocycles. The second-order valence-electron chi connectivity index (χ2n) is 5.03. The Morgan fingerprint density at radius 2 is 1.96 bits per heavy atom. The molecule has 1 atom stereocenters. The van der Waals surface area contributed by atoms with Crippen molar-refractivity contribution in [2.45, 2.75) is 32.5 Å². The normalized spacial score (nSPS) is 13.0. The van der Waals surface area contributed by atoms with Gasteiger partial charge in [-0.15, -0.1) is 0 Å². The van der Waals surface area contributed by atoms with Crippen LogP contribution in [0.4, 0.5) is 13.2 Å². The molecule has 0 fully saturated rings. The molecule has 4 nitrogen and oxygen atoms in total. The van der Waals surface area contributed by atoms with Crippen LogP contribution in [-0.4, -0.2) is 17.1 Å². The Labute approximate surface area is 135 Å². The molecule has 0 saturated carbocycles. The van der Waals surface area contributed by atoms with Gasteiger partial charge in [0.05, 0.1) is 5.56 Å². The van der Waals surface area contributed by atoms with Crippen molar-refractivity contribution in [2.24, 2.45) is 0 Å². The minimum atomic E-state index is -4.43. The van der Waals surface area contributed by atoms with E-state index in [0.29, 0.717) is 5.56 Å². The van der Waals surface area contributed by atoms with Crippen molar-refractivity contribution in [1.82, 2.24) is 10.5 Å². The molecule has 124 valence electrons. The SMILES string of the molecule is CCC(C)NC(=O)c1noc(-c2ccc(C(F)(F)F)cc2)c1Cl. The molecule has 0 aliphatic heterocycles. The number of aromatic nitrogens is 1. The van der Waals surface area contributed by atoms with Crippen molar-refractivity contribution in [3.05, 3.63) is 40.5 Å². The highest BCUT2D eigenvalue weighted by Gasteiger charge is 2.30. The molecule has 0 radical (unpaired) electrons. The molecule has 2 aromatic rings. The number of benzene rings is 1. The van der Waals surface area contributed by atoms with Crippen LogP contribution in [0, 0.1) is 0 Å². The summed E-state index contributed by atoms with van der Waals surface area (Å²) in [6.45, 7) is 3.73. The minimum Gasteiger partial charge on any atom is -0.354 e. The van der Waals surface area contributed by atoms with Crippen molar-refractivity contribution in [2.75, 3.05) is 0 Å². The second-order valence-corrected chi connectivity index (χ2v) is 5.41. The van der Waals surface area contributed by atoms with Gasteiger partial charge < -0.3 is 9.84 Å². The number of carbonyl (C=O) groups is 1. The van der Waals surface area contributed by atoms with Gasteiger partial charge in [0.15, 0.2) is 11.5 Å². The largest absolute Gasteiger partial charge is 0.416 e. The summed E-state index contributed by atoms with van der Waals surface area (Å²) in [5.41, 5.74) is -0.577. The maximum Gasteiger partial charge on any atom is 0.416 e. The Bertz CT molecular complexity index is 696. The van der Waals surface area contributed by atoms with Gasteiger partial charge in [0.25, 0.3) is 5.91 Å². The zero-order chi connectivity index (χ0) is 17.2. The minimum absolute atomic E-state index is 0.0365. The summed E-state index contributed by atoms with van der Waals surface area (Å²) < 4.78 is 42.7. The first-order valence-corrected chi connectivity index (χ1v) is 7.25. The van der Waals surface area contributed by atoms with Crippen LogP contribution in [0.5, 0.6) is 0 Å². The maximum atomic E-state index is 12.6.